The van der Waals surface area contributed by atoms with Gasteiger partial charge in [-0.05, 0) is 86.8 Å². The Morgan fingerprint density at radius 3 is 2.34 bits per heavy atom. The molecule has 1 aliphatic heterocycles. The number of hydrogen-bond donors (Lipinski definition) is 1. The van der Waals surface area contributed by atoms with Crippen molar-refractivity contribution < 1.29 is 27.5 Å². The third kappa shape index (κ3) is 4.97. The van der Waals surface area contributed by atoms with Crippen molar-refractivity contribution in [2.24, 2.45) is 23.2 Å². The molecule has 192 valence electrons. The first-order chi connectivity index (χ1) is 16.7. The lowest BCUT2D eigenvalue weighted by Gasteiger charge is -2.59. The summed E-state index contributed by atoms with van der Waals surface area (Å²) >= 11 is 6.17. The van der Waals surface area contributed by atoms with Crippen LogP contribution >= 0.6 is 11.6 Å². The Labute approximate surface area is 211 Å². The summed E-state index contributed by atoms with van der Waals surface area (Å²) in [7, 11) is -3.88. The van der Waals surface area contributed by atoms with Gasteiger partial charge in [0.1, 0.15) is 4.90 Å². The van der Waals surface area contributed by atoms with Crippen molar-refractivity contribution in [3.8, 4) is 0 Å². The number of benzene rings is 1. The second kappa shape index (κ2) is 9.65. The molecule has 6 rings (SSSR count). The summed E-state index contributed by atoms with van der Waals surface area (Å²) in [5.41, 5.74) is 0.191. The van der Waals surface area contributed by atoms with Crippen LogP contribution in [0.2, 0.25) is 5.02 Å². The maximum Gasteiger partial charge on any atom is 0.338 e. The van der Waals surface area contributed by atoms with Crippen LogP contribution in [0.15, 0.2) is 23.1 Å². The van der Waals surface area contributed by atoms with Crippen LogP contribution in [0.25, 0.3) is 0 Å². The number of morpholine rings is 1. The second-order valence-electron chi connectivity index (χ2n) is 10.8. The number of nitrogens with zero attached hydrogens (tertiary/aromatic N) is 1. The van der Waals surface area contributed by atoms with Crippen molar-refractivity contribution in [1.29, 1.82) is 0 Å². The van der Waals surface area contributed by atoms with Crippen LogP contribution in [-0.2, 0) is 24.3 Å². The molecule has 0 aromatic heterocycles. The van der Waals surface area contributed by atoms with Gasteiger partial charge in [-0.1, -0.05) is 11.6 Å². The average molecular weight is 525 g/mol. The molecule has 1 aromatic rings. The first-order valence-corrected chi connectivity index (χ1v) is 14.3. The highest BCUT2D eigenvalue weighted by molar-refractivity contribution is 7.89. The minimum atomic E-state index is -3.88. The number of sulfonamides is 1. The molecule has 1 N–H and O–H groups in total. The van der Waals surface area contributed by atoms with E-state index in [0.29, 0.717) is 13.2 Å². The van der Waals surface area contributed by atoms with Crippen molar-refractivity contribution in [1.82, 2.24) is 9.62 Å². The molecule has 1 heterocycles. The molecule has 35 heavy (non-hydrogen) atoms. The maximum atomic E-state index is 13.0. The number of esters is 1. The largest absolute Gasteiger partial charge is 0.452 e. The third-order valence-electron chi connectivity index (χ3n) is 8.47. The van der Waals surface area contributed by atoms with Gasteiger partial charge in [0.15, 0.2) is 6.61 Å². The molecule has 5 aliphatic rings. The van der Waals surface area contributed by atoms with E-state index in [9.17, 15) is 18.0 Å². The summed E-state index contributed by atoms with van der Waals surface area (Å²) in [6, 6.07) is 4.01. The fourth-order valence-electron chi connectivity index (χ4n) is 7.11. The van der Waals surface area contributed by atoms with E-state index in [-0.39, 0.29) is 45.9 Å². The topological polar surface area (TPSA) is 102 Å². The summed E-state index contributed by atoms with van der Waals surface area (Å²) in [6.45, 7) is 2.70. The predicted molar refractivity (Wildman–Crippen MR) is 130 cm³/mol. The Bertz CT molecular complexity index is 1070. The molecule has 1 saturated heterocycles. The molecule has 4 aliphatic carbocycles. The molecule has 1 amide bonds. The van der Waals surface area contributed by atoms with Gasteiger partial charge >= 0.3 is 5.97 Å². The zero-order valence-corrected chi connectivity index (χ0v) is 21.6. The number of ether oxygens (including phenoxy) is 2. The van der Waals surface area contributed by atoms with Gasteiger partial charge in [-0.3, -0.25) is 4.79 Å². The summed E-state index contributed by atoms with van der Waals surface area (Å²) < 4.78 is 37.8. The number of rotatable bonds is 7. The molecule has 0 radical (unpaired) electrons. The lowest BCUT2D eigenvalue weighted by atomic mass is 9.48. The Hall–Kier alpha value is -1.68. The van der Waals surface area contributed by atoms with Crippen molar-refractivity contribution in [3.63, 3.8) is 0 Å². The van der Waals surface area contributed by atoms with E-state index >= 15 is 0 Å². The van der Waals surface area contributed by atoms with Crippen molar-refractivity contribution >= 4 is 33.5 Å². The van der Waals surface area contributed by atoms with E-state index in [0.717, 1.165) is 17.8 Å². The number of amides is 1. The second-order valence-corrected chi connectivity index (χ2v) is 13.1. The SMILES string of the molecule is CC(NC(=O)COC(=O)c1ccc(Cl)c(S(=O)(=O)N2CCOCC2)c1)C12CC3CC(CC(C3)C1)C2. The van der Waals surface area contributed by atoms with E-state index in [1.165, 1.54) is 61.0 Å². The normalized spacial score (nSPS) is 31.2. The molecule has 1 atom stereocenters. The van der Waals surface area contributed by atoms with Gasteiger partial charge in [-0.25, -0.2) is 13.2 Å². The first kappa shape index (κ1) is 25.0. The minimum absolute atomic E-state index is 0.0233. The Morgan fingerprint density at radius 2 is 1.74 bits per heavy atom. The Morgan fingerprint density at radius 1 is 1.14 bits per heavy atom. The van der Waals surface area contributed by atoms with Crippen LogP contribution in [0.1, 0.15) is 55.8 Å². The lowest BCUT2D eigenvalue weighted by Crippen LogP contribution is -2.56. The van der Waals surface area contributed by atoms with E-state index in [4.69, 9.17) is 21.1 Å². The number of hydrogen-bond acceptors (Lipinski definition) is 6. The van der Waals surface area contributed by atoms with E-state index in [1.807, 2.05) is 0 Å². The van der Waals surface area contributed by atoms with Gasteiger partial charge in [0, 0.05) is 19.1 Å². The summed E-state index contributed by atoms with van der Waals surface area (Å²) in [5.74, 6) is 1.25. The van der Waals surface area contributed by atoms with Crippen molar-refractivity contribution in [2.45, 2.75) is 56.4 Å². The summed E-state index contributed by atoms with van der Waals surface area (Å²) in [4.78, 5) is 25.1. The monoisotopic (exact) mass is 524 g/mol. The van der Waals surface area contributed by atoms with E-state index in [1.54, 1.807) is 0 Å². The minimum Gasteiger partial charge on any atom is -0.452 e. The van der Waals surface area contributed by atoms with Crippen LogP contribution in [0.5, 0.6) is 0 Å². The van der Waals surface area contributed by atoms with Gasteiger partial charge < -0.3 is 14.8 Å². The third-order valence-corrected chi connectivity index (χ3v) is 10.9. The fraction of sp³-hybridized carbons (Fsp3) is 0.680. The standard InChI is InChI=1S/C25H33ClN2O6S/c1-16(25-12-17-8-18(13-25)10-19(9-17)14-25)27-23(29)15-34-24(30)20-2-3-21(26)22(11-20)35(31,32)28-4-6-33-7-5-28/h2-3,11,16-19H,4-10,12-15H2,1H3,(H,27,29). The van der Waals surface area contributed by atoms with Gasteiger partial charge in [0.05, 0.1) is 23.8 Å². The average Bonchev–Trinajstić information content (AvgIpc) is 2.82. The zero-order valence-electron chi connectivity index (χ0n) is 20.0. The van der Waals surface area contributed by atoms with Gasteiger partial charge in [-0.2, -0.15) is 4.31 Å². The maximum absolute atomic E-state index is 13.0. The molecule has 10 heteroatoms. The highest BCUT2D eigenvalue weighted by Crippen LogP contribution is 2.61. The van der Waals surface area contributed by atoms with Crippen LogP contribution in [-0.4, -0.2) is 63.6 Å². The molecular weight excluding hydrogens is 492 g/mol. The molecule has 1 aromatic carbocycles. The molecule has 8 nitrogen and oxygen atoms in total. The van der Waals surface area contributed by atoms with Crippen molar-refractivity contribution in [3.05, 3.63) is 28.8 Å². The fourth-order valence-corrected chi connectivity index (χ4v) is 9.02. The molecule has 4 saturated carbocycles. The smallest absolute Gasteiger partial charge is 0.338 e. The van der Waals surface area contributed by atoms with Gasteiger partial charge in [0.25, 0.3) is 5.91 Å². The molecule has 1 unspecified atom stereocenters. The van der Waals surface area contributed by atoms with Crippen LogP contribution in [0, 0.1) is 23.2 Å². The lowest BCUT2D eigenvalue weighted by molar-refractivity contribution is -0.128. The summed E-state index contributed by atoms with van der Waals surface area (Å²) in [5, 5.41) is 3.10. The van der Waals surface area contributed by atoms with Crippen LogP contribution in [0.3, 0.4) is 0 Å². The molecule has 5 fully saturated rings. The molecular formula is C25H33ClN2O6S. The predicted octanol–water partition coefficient (Wildman–Crippen LogP) is 3.24. The van der Waals surface area contributed by atoms with Crippen molar-refractivity contribution in [2.75, 3.05) is 32.9 Å². The highest BCUT2D eigenvalue weighted by atomic mass is 35.5. The number of carbonyl (C=O) groups is 2. The van der Waals surface area contributed by atoms with Gasteiger partial charge in [-0.15, -0.1) is 0 Å². The Kier molecular flexibility index (Phi) is 6.89. The van der Waals surface area contributed by atoms with Crippen LogP contribution in [0.4, 0.5) is 0 Å². The quantitative estimate of drug-likeness (QED) is 0.549. The molecule has 0 spiro atoms. The number of nitrogens with one attached hydrogen (secondary N) is 1. The Balaban J connectivity index is 1.20. The van der Waals surface area contributed by atoms with Gasteiger partial charge in [0.2, 0.25) is 10.0 Å². The molecule has 4 bridgehead atoms. The van der Waals surface area contributed by atoms with E-state index < -0.39 is 22.6 Å². The number of carbonyl (C=O) groups excluding carboxylic acids is 2. The first-order valence-electron chi connectivity index (χ1n) is 12.5. The van der Waals surface area contributed by atoms with E-state index in [2.05, 4.69) is 12.2 Å². The highest BCUT2D eigenvalue weighted by Gasteiger charge is 2.53. The summed E-state index contributed by atoms with van der Waals surface area (Å²) in [6.07, 6.45) is 7.52. The number of halogens is 1. The zero-order chi connectivity index (χ0) is 24.8. The van der Waals surface area contributed by atoms with Crippen LogP contribution < -0.4 is 5.32 Å².